The predicted octanol–water partition coefficient (Wildman–Crippen LogP) is 5.23. The molecule has 1 fully saturated rings. The molecule has 0 spiro atoms. The number of rotatable bonds is 9. The van der Waals surface area contributed by atoms with Crippen molar-refractivity contribution in [1.29, 1.82) is 0 Å². The minimum atomic E-state index is -0.501. The van der Waals surface area contributed by atoms with Crippen molar-refractivity contribution in [3.8, 4) is 0 Å². The number of ether oxygens (including phenoxy) is 2. The van der Waals surface area contributed by atoms with Crippen molar-refractivity contribution in [2.75, 3.05) is 13.7 Å². The maximum atomic E-state index is 13.5. The number of alkyl carbamates (subject to hydrolysis) is 1. The third-order valence-corrected chi connectivity index (χ3v) is 6.91. The fourth-order valence-electron chi connectivity index (χ4n) is 5.09. The highest BCUT2D eigenvalue weighted by atomic mass is 16.5. The summed E-state index contributed by atoms with van der Waals surface area (Å²) >= 11 is 0. The van der Waals surface area contributed by atoms with E-state index in [0.717, 1.165) is 31.2 Å². The first kappa shape index (κ1) is 25.5. The number of para-hydroxylation sites is 1. The number of carbonyl (C=O) groups excluding carboxylic acids is 2. The third-order valence-electron chi connectivity index (χ3n) is 6.91. The molecule has 7 heteroatoms. The predicted molar refractivity (Wildman–Crippen MR) is 139 cm³/mol. The fourth-order valence-corrected chi connectivity index (χ4v) is 5.09. The second-order valence-corrected chi connectivity index (χ2v) is 9.37. The van der Waals surface area contributed by atoms with Crippen LogP contribution in [0, 0.1) is 5.92 Å². The molecule has 3 aromatic rings. The zero-order valence-electron chi connectivity index (χ0n) is 20.8. The Morgan fingerprint density at radius 3 is 2.47 bits per heavy atom. The molecule has 1 saturated carbocycles. The Morgan fingerprint density at radius 2 is 1.72 bits per heavy atom. The van der Waals surface area contributed by atoms with Crippen molar-refractivity contribution in [2.45, 2.75) is 58.1 Å². The van der Waals surface area contributed by atoms with Crippen LogP contribution in [0.1, 0.15) is 60.1 Å². The Kier molecular flexibility index (Phi) is 8.76. The van der Waals surface area contributed by atoms with Gasteiger partial charge in [0, 0.05) is 24.0 Å². The van der Waals surface area contributed by atoms with Crippen LogP contribution >= 0.6 is 0 Å². The summed E-state index contributed by atoms with van der Waals surface area (Å²) in [6.07, 6.45) is 6.33. The number of nitrogens with one attached hydrogen (secondary N) is 1. The van der Waals surface area contributed by atoms with E-state index in [2.05, 4.69) is 5.32 Å². The monoisotopic (exact) mass is 490 g/mol. The van der Waals surface area contributed by atoms with Gasteiger partial charge in [0.25, 0.3) is 0 Å². The minimum Gasteiger partial charge on any atom is -0.464 e. The first-order valence-electron chi connectivity index (χ1n) is 12.8. The van der Waals surface area contributed by atoms with E-state index in [-0.39, 0.29) is 12.0 Å². The van der Waals surface area contributed by atoms with E-state index >= 15 is 0 Å². The molecule has 0 bridgehead atoms. The van der Waals surface area contributed by atoms with E-state index in [9.17, 15) is 14.4 Å². The van der Waals surface area contributed by atoms with Gasteiger partial charge in [-0.25, -0.2) is 9.59 Å². The van der Waals surface area contributed by atoms with Crippen LogP contribution in [0.5, 0.6) is 0 Å². The summed E-state index contributed by atoms with van der Waals surface area (Å²) in [4.78, 5) is 38.6. The van der Waals surface area contributed by atoms with Crippen LogP contribution in [0.15, 0.2) is 59.4 Å². The number of pyridine rings is 1. The van der Waals surface area contributed by atoms with Gasteiger partial charge in [-0.1, -0.05) is 74.6 Å². The SMILES string of the molecule is COC(=O)c1c(CC2CCCCC2)c(=O)c2ccccc2n1CCCNC(=O)OCc1ccccc1. The lowest BCUT2D eigenvalue weighted by Gasteiger charge is -2.24. The second-order valence-electron chi connectivity index (χ2n) is 9.37. The Labute approximate surface area is 211 Å². The average Bonchev–Trinajstić information content (AvgIpc) is 2.92. The Balaban J connectivity index is 1.52. The molecule has 1 aliphatic carbocycles. The standard InChI is InChI=1S/C29H34N2O5/c1-35-28(33)26-24(19-21-11-4-2-5-12-21)27(32)23-15-8-9-16-25(23)31(26)18-10-17-30-29(34)36-20-22-13-6-3-7-14-22/h3,6-9,13-16,21H,2,4-5,10-12,17-20H2,1H3,(H,30,34). The Hall–Kier alpha value is -3.61. The molecule has 0 aliphatic heterocycles. The van der Waals surface area contributed by atoms with Crippen LogP contribution in [0.2, 0.25) is 0 Å². The van der Waals surface area contributed by atoms with Gasteiger partial charge in [-0.15, -0.1) is 0 Å². The third kappa shape index (κ3) is 6.14. The molecule has 190 valence electrons. The van der Waals surface area contributed by atoms with Crippen molar-refractivity contribution in [3.05, 3.63) is 81.6 Å². The van der Waals surface area contributed by atoms with Gasteiger partial charge in [0.05, 0.1) is 12.6 Å². The van der Waals surface area contributed by atoms with Crippen LogP contribution in [-0.2, 0) is 29.0 Å². The number of methoxy groups -OCH3 is 1. The molecule has 1 heterocycles. The van der Waals surface area contributed by atoms with Crippen LogP contribution in [-0.4, -0.2) is 30.3 Å². The summed E-state index contributed by atoms with van der Waals surface area (Å²) in [6, 6.07) is 16.9. The molecular formula is C29H34N2O5. The van der Waals surface area contributed by atoms with Crippen LogP contribution in [0.3, 0.4) is 0 Å². The molecule has 7 nitrogen and oxygen atoms in total. The van der Waals surface area contributed by atoms with Crippen LogP contribution in [0.4, 0.5) is 4.79 Å². The number of hydrogen-bond acceptors (Lipinski definition) is 5. The summed E-state index contributed by atoms with van der Waals surface area (Å²) in [7, 11) is 1.35. The maximum absolute atomic E-state index is 13.5. The Bertz CT molecular complexity index is 1250. The highest BCUT2D eigenvalue weighted by molar-refractivity contribution is 5.93. The van der Waals surface area contributed by atoms with Crippen molar-refractivity contribution >= 4 is 23.0 Å². The van der Waals surface area contributed by atoms with E-state index in [1.165, 1.54) is 13.5 Å². The van der Waals surface area contributed by atoms with Gasteiger partial charge in [-0.05, 0) is 36.5 Å². The number of carbonyl (C=O) groups is 2. The highest BCUT2D eigenvalue weighted by Crippen LogP contribution is 2.28. The molecule has 36 heavy (non-hydrogen) atoms. The number of amides is 1. The van der Waals surface area contributed by atoms with Gasteiger partial charge in [-0.3, -0.25) is 4.79 Å². The van der Waals surface area contributed by atoms with Crippen molar-refractivity contribution < 1.29 is 19.1 Å². The summed E-state index contributed by atoms with van der Waals surface area (Å²) < 4.78 is 12.3. The highest BCUT2D eigenvalue weighted by Gasteiger charge is 2.26. The summed E-state index contributed by atoms with van der Waals surface area (Å²) in [5, 5.41) is 3.38. The van der Waals surface area contributed by atoms with Gasteiger partial charge in [0.2, 0.25) is 0 Å². The van der Waals surface area contributed by atoms with E-state index in [1.807, 2.05) is 59.2 Å². The summed E-state index contributed by atoms with van der Waals surface area (Å²) in [6.45, 7) is 1.02. The maximum Gasteiger partial charge on any atom is 0.407 e. The van der Waals surface area contributed by atoms with Crippen molar-refractivity contribution in [3.63, 3.8) is 0 Å². The molecule has 1 aliphatic rings. The minimum absolute atomic E-state index is 0.0876. The normalized spacial score (nSPS) is 13.9. The quantitative estimate of drug-likeness (QED) is 0.328. The molecule has 0 atom stereocenters. The second kappa shape index (κ2) is 12.4. The average molecular weight is 491 g/mol. The topological polar surface area (TPSA) is 86.6 Å². The van der Waals surface area contributed by atoms with Gasteiger partial charge >= 0.3 is 12.1 Å². The molecule has 1 amide bonds. The van der Waals surface area contributed by atoms with E-state index in [0.29, 0.717) is 54.0 Å². The van der Waals surface area contributed by atoms with Crippen molar-refractivity contribution in [1.82, 2.24) is 9.88 Å². The van der Waals surface area contributed by atoms with E-state index < -0.39 is 12.1 Å². The number of hydrogen-bond donors (Lipinski definition) is 1. The largest absolute Gasteiger partial charge is 0.464 e. The zero-order chi connectivity index (χ0) is 25.3. The molecule has 4 rings (SSSR count). The lowest BCUT2D eigenvalue weighted by molar-refractivity contribution is 0.0585. The van der Waals surface area contributed by atoms with E-state index in [4.69, 9.17) is 9.47 Å². The summed E-state index contributed by atoms with van der Waals surface area (Å²) in [5.74, 6) is -0.107. The smallest absolute Gasteiger partial charge is 0.407 e. The van der Waals surface area contributed by atoms with Crippen molar-refractivity contribution in [2.24, 2.45) is 5.92 Å². The van der Waals surface area contributed by atoms with Gasteiger partial charge in [0.1, 0.15) is 12.3 Å². The Morgan fingerprint density at radius 1 is 1.00 bits per heavy atom. The van der Waals surface area contributed by atoms with Gasteiger partial charge in [-0.2, -0.15) is 0 Å². The lowest BCUT2D eigenvalue weighted by Crippen LogP contribution is -2.29. The fraction of sp³-hybridized carbons (Fsp3) is 0.414. The summed E-state index contributed by atoms with van der Waals surface area (Å²) in [5.41, 5.74) is 2.40. The number of esters is 1. The first-order chi connectivity index (χ1) is 17.6. The van der Waals surface area contributed by atoms with E-state index in [1.54, 1.807) is 0 Å². The van der Waals surface area contributed by atoms with Gasteiger partial charge in [0.15, 0.2) is 5.43 Å². The molecule has 0 unspecified atom stereocenters. The number of nitrogens with zero attached hydrogens (tertiary/aromatic N) is 1. The van der Waals surface area contributed by atoms with Crippen LogP contribution < -0.4 is 10.7 Å². The molecular weight excluding hydrogens is 456 g/mol. The molecule has 1 N–H and O–H groups in total. The molecule has 2 aromatic carbocycles. The first-order valence-corrected chi connectivity index (χ1v) is 12.8. The number of aryl methyl sites for hydroxylation is 1. The molecule has 0 radical (unpaired) electrons. The molecule has 1 aromatic heterocycles. The van der Waals surface area contributed by atoms with Crippen LogP contribution in [0.25, 0.3) is 10.9 Å². The van der Waals surface area contributed by atoms with Gasteiger partial charge < -0.3 is 19.4 Å². The lowest BCUT2D eigenvalue weighted by atomic mass is 9.84. The molecule has 0 saturated heterocycles. The number of aromatic nitrogens is 1. The number of benzene rings is 2. The zero-order valence-corrected chi connectivity index (χ0v) is 20.8. The number of fused-ring (bicyclic) bond motifs is 1.